The van der Waals surface area contributed by atoms with E-state index in [0.717, 1.165) is 16.7 Å². The van der Waals surface area contributed by atoms with Gasteiger partial charge in [-0.15, -0.1) is 0 Å². The van der Waals surface area contributed by atoms with E-state index in [9.17, 15) is 4.79 Å². The van der Waals surface area contributed by atoms with Gasteiger partial charge in [0.1, 0.15) is 5.75 Å². The number of rotatable bonds is 4. The van der Waals surface area contributed by atoms with Gasteiger partial charge in [-0.25, -0.2) is 0 Å². The van der Waals surface area contributed by atoms with Gasteiger partial charge in [0, 0.05) is 5.69 Å². The second-order valence-corrected chi connectivity index (χ2v) is 5.02. The van der Waals surface area contributed by atoms with E-state index in [1.54, 1.807) is 19.3 Å². The van der Waals surface area contributed by atoms with E-state index in [1.807, 2.05) is 50.2 Å². The topological polar surface area (TPSA) is 52.3 Å². The summed E-state index contributed by atoms with van der Waals surface area (Å²) in [5, 5.41) is 0. The molecule has 0 amide bonds. The van der Waals surface area contributed by atoms with Crippen molar-refractivity contribution in [1.82, 2.24) is 0 Å². The van der Waals surface area contributed by atoms with E-state index in [0.29, 0.717) is 17.0 Å². The molecule has 0 radical (unpaired) electrons. The number of carbonyl (C=O) groups is 1. The van der Waals surface area contributed by atoms with E-state index in [2.05, 4.69) is 0 Å². The zero-order valence-corrected chi connectivity index (χ0v) is 12.5. The summed E-state index contributed by atoms with van der Waals surface area (Å²) in [5.41, 5.74) is 9.87. The van der Waals surface area contributed by atoms with Crippen molar-refractivity contribution < 1.29 is 9.53 Å². The molecule has 2 aromatic carbocycles. The quantitative estimate of drug-likeness (QED) is 0.527. The van der Waals surface area contributed by atoms with Crippen LogP contribution in [-0.4, -0.2) is 12.9 Å². The third-order valence-electron chi connectivity index (χ3n) is 3.27. The van der Waals surface area contributed by atoms with Crippen molar-refractivity contribution in [3.05, 3.63) is 64.7 Å². The Morgan fingerprint density at radius 1 is 1.14 bits per heavy atom. The summed E-state index contributed by atoms with van der Waals surface area (Å²) in [6.07, 6.45) is 3.34. The van der Waals surface area contributed by atoms with Gasteiger partial charge in [0.15, 0.2) is 5.78 Å². The molecule has 0 atom stereocenters. The van der Waals surface area contributed by atoms with E-state index in [1.165, 1.54) is 0 Å². The minimum Gasteiger partial charge on any atom is -0.496 e. The van der Waals surface area contributed by atoms with Crippen molar-refractivity contribution in [3.8, 4) is 5.75 Å². The molecule has 2 N–H and O–H groups in total. The number of nitrogen functional groups attached to an aromatic ring is 1. The molecule has 2 rings (SSSR count). The van der Waals surface area contributed by atoms with Gasteiger partial charge in [0.25, 0.3) is 0 Å². The van der Waals surface area contributed by atoms with Gasteiger partial charge in [-0.3, -0.25) is 4.79 Å². The number of anilines is 1. The largest absolute Gasteiger partial charge is 0.496 e. The number of nitrogens with two attached hydrogens (primary N) is 1. The maximum absolute atomic E-state index is 12.4. The Morgan fingerprint density at radius 3 is 2.43 bits per heavy atom. The molecule has 0 bridgehead atoms. The first kappa shape index (κ1) is 14.9. The molecule has 21 heavy (non-hydrogen) atoms. The summed E-state index contributed by atoms with van der Waals surface area (Å²) in [6.45, 7) is 3.90. The molecule has 3 heteroatoms. The SMILES string of the molecule is COc1cc(C)cc(C)c1C(=O)/C=C/c1ccc(N)cc1. The van der Waals surface area contributed by atoms with Crippen LogP contribution < -0.4 is 10.5 Å². The molecule has 0 fully saturated rings. The number of benzene rings is 2. The fourth-order valence-corrected chi connectivity index (χ4v) is 2.27. The number of aryl methyl sites for hydroxylation is 2. The molecule has 108 valence electrons. The highest BCUT2D eigenvalue weighted by molar-refractivity contribution is 6.09. The first-order valence-corrected chi connectivity index (χ1v) is 6.74. The zero-order valence-electron chi connectivity index (χ0n) is 12.5. The van der Waals surface area contributed by atoms with Gasteiger partial charge in [0.2, 0.25) is 0 Å². The highest BCUT2D eigenvalue weighted by atomic mass is 16.5. The Kier molecular flexibility index (Phi) is 4.43. The second kappa shape index (κ2) is 6.27. The number of ketones is 1. The summed E-state index contributed by atoms with van der Waals surface area (Å²) in [5.74, 6) is 0.542. The third-order valence-corrected chi connectivity index (χ3v) is 3.27. The predicted molar refractivity (Wildman–Crippen MR) is 86.7 cm³/mol. The van der Waals surface area contributed by atoms with Crippen LogP contribution in [0.1, 0.15) is 27.0 Å². The van der Waals surface area contributed by atoms with Crippen LogP contribution in [0.5, 0.6) is 5.75 Å². The average molecular weight is 281 g/mol. The Morgan fingerprint density at radius 2 is 1.81 bits per heavy atom. The smallest absolute Gasteiger partial charge is 0.189 e. The lowest BCUT2D eigenvalue weighted by Gasteiger charge is -2.10. The number of allylic oxidation sites excluding steroid dienone is 1. The fraction of sp³-hybridized carbons (Fsp3) is 0.167. The number of hydrogen-bond acceptors (Lipinski definition) is 3. The van der Waals surface area contributed by atoms with Crippen molar-refractivity contribution in [3.63, 3.8) is 0 Å². The molecular formula is C18H19NO2. The van der Waals surface area contributed by atoms with Crippen molar-refractivity contribution in [2.75, 3.05) is 12.8 Å². The molecule has 0 unspecified atom stereocenters. The minimum absolute atomic E-state index is 0.0684. The standard InChI is InChI=1S/C18H19NO2/c1-12-10-13(2)18(17(11-12)21-3)16(20)9-6-14-4-7-15(19)8-5-14/h4-11H,19H2,1-3H3/b9-6+. The lowest BCUT2D eigenvalue weighted by molar-refractivity contribution is 0.104. The molecule has 0 aliphatic carbocycles. The predicted octanol–water partition coefficient (Wildman–Crippen LogP) is 3.79. The molecule has 0 spiro atoms. The molecule has 0 saturated carbocycles. The average Bonchev–Trinajstić information content (AvgIpc) is 2.45. The highest BCUT2D eigenvalue weighted by Crippen LogP contribution is 2.25. The summed E-state index contributed by atoms with van der Waals surface area (Å²) >= 11 is 0. The molecule has 0 aliphatic heterocycles. The maximum atomic E-state index is 12.4. The lowest BCUT2D eigenvalue weighted by atomic mass is 10.00. The molecule has 3 nitrogen and oxygen atoms in total. The Balaban J connectivity index is 2.30. The van der Waals surface area contributed by atoms with Gasteiger partial charge in [-0.1, -0.05) is 24.3 Å². The van der Waals surface area contributed by atoms with Crippen molar-refractivity contribution in [2.24, 2.45) is 0 Å². The van der Waals surface area contributed by atoms with Gasteiger partial charge in [-0.05, 0) is 54.8 Å². The normalized spacial score (nSPS) is 10.8. The monoisotopic (exact) mass is 281 g/mol. The summed E-state index contributed by atoms with van der Waals surface area (Å²) in [6, 6.07) is 11.2. The fourth-order valence-electron chi connectivity index (χ4n) is 2.27. The molecule has 0 aromatic heterocycles. The lowest BCUT2D eigenvalue weighted by Crippen LogP contribution is -2.02. The maximum Gasteiger partial charge on any atom is 0.189 e. The molecule has 0 saturated heterocycles. The molecule has 0 heterocycles. The van der Waals surface area contributed by atoms with Crippen LogP contribution in [0.3, 0.4) is 0 Å². The first-order valence-electron chi connectivity index (χ1n) is 6.74. The number of ether oxygens (including phenoxy) is 1. The van der Waals surface area contributed by atoms with Crippen LogP contribution in [-0.2, 0) is 0 Å². The second-order valence-electron chi connectivity index (χ2n) is 5.02. The van der Waals surface area contributed by atoms with Crippen LogP contribution in [0.25, 0.3) is 6.08 Å². The van der Waals surface area contributed by atoms with Crippen molar-refractivity contribution >= 4 is 17.5 Å². The number of carbonyl (C=O) groups excluding carboxylic acids is 1. The van der Waals surface area contributed by atoms with Crippen molar-refractivity contribution in [2.45, 2.75) is 13.8 Å². The summed E-state index contributed by atoms with van der Waals surface area (Å²) in [7, 11) is 1.58. The van der Waals surface area contributed by atoms with Gasteiger partial charge in [0.05, 0.1) is 12.7 Å². The van der Waals surface area contributed by atoms with Crippen LogP contribution >= 0.6 is 0 Å². The van der Waals surface area contributed by atoms with Crippen LogP contribution in [0.15, 0.2) is 42.5 Å². The zero-order chi connectivity index (χ0) is 15.4. The Hall–Kier alpha value is -2.55. The highest BCUT2D eigenvalue weighted by Gasteiger charge is 2.13. The number of hydrogen-bond donors (Lipinski definition) is 1. The van der Waals surface area contributed by atoms with Gasteiger partial charge in [-0.2, -0.15) is 0 Å². The Labute approximate surface area is 125 Å². The van der Waals surface area contributed by atoms with Crippen molar-refractivity contribution in [1.29, 1.82) is 0 Å². The molecular weight excluding hydrogens is 262 g/mol. The van der Waals surface area contributed by atoms with Crippen LogP contribution in [0.2, 0.25) is 0 Å². The van der Waals surface area contributed by atoms with E-state index < -0.39 is 0 Å². The van der Waals surface area contributed by atoms with E-state index in [4.69, 9.17) is 10.5 Å². The summed E-state index contributed by atoms with van der Waals surface area (Å²) < 4.78 is 5.32. The third kappa shape index (κ3) is 3.51. The van der Waals surface area contributed by atoms with E-state index >= 15 is 0 Å². The van der Waals surface area contributed by atoms with Crippen LogP contribution in [0, 0.1) is 13.8 Å². The van der Waals surface area contributed by atoms with Gasteiger partial charge >= 0.3 is 0 Å². The summed E-state index contributed by atoms with van der Waals surface area (Å²) in [4.78, 5) is 12.4. The molecule has 2 aromatic rings. The van der Waals surface area contributed by atoms with E-state index in [-0.39, 0.29) is 5.78 Å². The van der Waals surface area contributed by atoms with Crippen LogP contribution in [0.4, 0.5) is 5.69 Å². The molecule has 0 aliphatic rings. The first-order chi connectivity index (χ1) is 10.0. The Bertz CT molecular complexity index is 685. The minimum atomic E-state index is -0.0684. The number of methoxy groups -OCH3 is 1. The van der Waals surface area contributed by atoms with Gasteiger partial charge < -0.3 is 10.5 Å².